The fourth-order valence-electron chi connectivity index (χ4n) is 1.90. The molecule has 0 aliphatic carbocycles. The van der Waals surface area contributed by atoms with E-state index in [9.17, 15) is 93.1 Å². The van der Waals surface area contributed by atoms with E-state index in [0.29, 0.717) is 0 Å². The first kappa shape index (κ1) is 32.7. The molecule has 0 fully saturated rings. The Labute approximate surface area is 190 Å². The van der Waals surface area contributed by atoms with Crippen LogP contribution in [0.1, 0.15) is 0 Å². The van der Waals surface area contributed by atoms with Crippen molar-refractivity contribution in [1.82, 2.24) is 15.0 Å². The number of alkyl halides is 15. The molecular weight excluding hydrogens is 612 g/mol. The summed E-state index contributed by atoms with van der Waals surface area (Å²) in [7, 11) is 0. The number of hydrogen-bond acceptors (Lipinski definition) is 6. The Morgan fingerprint density at radius 1 is 0.474 bits per heavy atom. The monoisotopic (exact) mass is 612 g/mol. The number of hydrogen-bond donors (Lipinski definition) is 0. The highest BCUT2D eigenvalue weighted by Crippen LogP contribution is 2.62. The molecule has 0 unspecified atom stereocenters. The molecule has 0 saturated carbocycles. The van der Waals surface area contributed by atoms with Gasteiger partial charge >= 0.3 is 47.6 Å². The molecule has 220 valence electrons. The molecule has 38 heavy (non-hydrogen) atoms. The first-order chi connectivity index (χ1) is 16.5. The van der Waals surface area contributed by atoms with Gasteiger partial charge in [-0.3, -0.25) is 4.79 Å². The van der Waals surface area contributed by atoms with Crippen LogP contribution in [0.3, 0.4) is 0 Å². The fraction of sp³-hybridized carbons (Fsp3) is 0.636. The molecule has 7 nitrogen and oxygen atoms in total. The van der Waals surface area contributed by atoms with Gasteiger partial charge in [0, 0.05) is 0 Å². The highest BCUT2D eigenvalue weighted by Gasteiger charge is 2.94. The Bertz CT molecular complexity index is 1010. The number of carbonyl (C=O) groups excluding carboxylic acids is 1. The molecule has 1 amide bonds. The zero-order chi connectivity index (χ0) is 30.7. The van der Waals surface area contributed by atoms with Crippen molar-refractivity contribution in [1.29, 1.82) is 0 Å². The van der Waals surface area contributed by atoms with E-state index in [2.05, 4.69) is 4.98 Å². The molecule has 0 spiro atoms. The molecule has 0 aromatic carbocycles. The van der Waals surface area contributed by atoms with Crippen molar-refractivity contribution in [3.8, 4) is 0 Å². The van der Waals surface area contributed by atoms with Crippen molar-refractivity contribution < 1.29 is 93.1 Å². The Balaban J connectivity index is 3.68. The van der Waals surface area contributed by atoms with Gasteiger partial charge in [0.1, 0.15) is 0 Å². The van der Waals surface area contributed by atoms with Crippen molar-refractivity contribution in [2.75, 3.05) is 15.8 Å². The molecule has 0 radical (unpaired) electrons. The number of aromatic nitrogens is 3. The van der Waals surface area contributed by atoms with Crippen LogP contribution in [-0.4, -0.2) is 62.6 Å². The van der Waals surface area contributed by atoms with Crippen LogP contribution in [0.25, 0.3) is 0 Å². The maximum Gasteiger partial charge on any atom is 0.460 e. The third-order valence-electron chi connectivity index (χ3n) is 3.85. The highest BCUT2D eigenvalue weighted by molar-refractivity contribution is 5.96. The second kappa shape index (κ2) is 9.16. The van der Waals surface area contributed by atoms with E-state index in [-0.39, 0.29) is 0 Å². The van der Waals surface area contributed by atoms with Crippen LogP contribution < -0.4 is 15.8 Å². The van der Waals surface area contributed by atoms with Crippen LogP contribution in [0.15, 0.2) is 0 Å². The van der Waals surface area contributed by atoms with Gasteiger partial charge in [-0.1, -0.05) is 22.4 Å². The van der Waals surface area contributed by atoms with E-state index in [1.807, 2.05) is 9.97 Å². The summed E-state index contributed by atoms with van der Waals surface area (Å²) < 4.78 is 260. The van der Waals surface area contributed by atoms with Gasteiger partial charge in [0.05, 0.1) is 0 Å². The smallest absolute Gasteiger partial charge is 0.264 e. The summed E-state index contributed by atoms with van der Waals surface area (Å²) in [5, 5.41) is -7.83. The number of halogens is 20. The quantitative estimate of drug-likeness (QED) is 0.267. The summed E-state index contributed by atoms with van der Waals surface area (Å²) >= 11 is 0. The van der Waals surface area contributed by atoms with Gasteiger partial charge in [0.25, 0.3) is 17.8 Å². The van der Waals surface area contributed by atoms with Crippen LogP contribution in [0.5, 0.6) is 0 Å². The second-order valence-corrected chi connectivity index (χ2v) is 6.23. The Morgan fingerprint density at radius 2 is 0.763 bits per heavy atom. The molecule has 1 aromatic rings. The maximum absolute atomic E-state index is 13.8. The summed E-state index contributed by atoms with van der Waals surface area (Å²) in [5.74, 6) is -63.8. The zero-order valence-corrected chi connectivity index (χ0v) is 16.2. The minimum atomic E-state index is -8.83. The zero-order valence-electron chi connectivity index (χ0n) is 16.2. The molecule has 0 atom stereocenters. The van der Waals surface area contributed by atoms with Crippen molar-refractivity contribution in [3.05, 3.63) is 0 Å². The first-order valence-electron chi connectivity index (χ1n) is 7.87. The van der Waals surface area contributed by atoms with Crippen LogP contribution in [-0.2, 0) is 4.79 Å². The Kier molecular flexibility index (Phi) is 7.88. The lowest BCUT2D eigenvalue weighted by molar-refractivity contribution is -0.449. The lowest BCUT2D eigenvalue weighted by Gasteiger charge is -2.41. The van der Waals surface area contributed by atoms with Gasteiger partial charge in [-0.2, -0.15) is 80.8 Å². The molecule has 0 aliphatic rings. The largest absolute Gasteiger partial charge is 0.460 e. The van der Waals surface area contributed by atoms with Crippen LogP contribution in [0.2, 0.25) is 0 Å². The molecule has 1 aromatic heterocycles. The molecule has 0 aliphatic heterocycles. The maximum atomic E-state index is 13.8. The molecule has 1 rings (SSSR count). The van der Waals surface area contributed by atoms with E-state index < -0.39 is 81.3 Å². The van der Waals surface area contributed by atoms with E-state index >= 15 is 0 Å². The van der Waals surface area contributed by atoms with Gasteiger partial charge in [-0.15, -0.1) is 5.12 Å². The summed E-state index contributed by atoms with van der Waals surface area (Å²) in [5.41, 5.74) is 0. The molecule has 0 saturated heterocycles. The molecule has 0 N–H and O–H groups in total. The van der Waals surface area contributed by atoms with E-state index in [1.54, 1.807) is 0 Å². The predicted molar refractivity (Wildman–Crippen MR) is 73.5 cm³/mol. The van der Waals surface area contributed by atoms with Gasteiger partial charge in [0.15, 0.2) is 0 Å². The number of nitrogens with zero attached hydrogens (tertiary/aromatic N) is 6. The van der Waals surface area contributed by atoms with Gasteiger partial charge < -0.3 is 0 Å². The average Bonchev–Trinajstić information content (AvgIpc) is 2.75. The Hall–Kier alpha value is -3.32. The molecule has 1 heterocycles. The molecular formula is C11F20N6O. The molecule has 27 heteroatoms. The second-order valence-electron chi connectivity index (χ2n) is 6.23. The first-order valence-corrected chi connectivity index (χ1v) is 7.87. The molecule has 0 bridgehead atoms. The normalized spacial score (nSPS) is 14.4. The van der Waals surface area contributed by atoms with E-state index in [0.717, 1.165) is 0 Å². The average molecular weight is 612 g/mol. The van der Waals surface area contributed by atoms with Crippen LogP contribution in [0, 0.1) is 0 Å². The lowest BCUT2D eigenvalue weighted by Crippen LogP contribution is -2.73. The summed E-state index contributed by atoms with van der Waals surface area (Å²) in [6.07, 6.45) is -7.91. The number of rotatable bonds is 9. The van der Waals surface area contributed by atoms with Crippen molar-refractivity contribution >= 4 is 23.8 Å². The predicted octanol–water partition coefficient (Wildman–Crippen LogP) is 5.61. The number of anilines is 3. The van der Waals surface area contributed by atoms with E-state index in [4.69, 9.17) is 0 Å². The van der Waals surface area contributed by atoms with E-state index in [1.165, 1.54) is 0 Å². The standard InChI is InChI=1S/C11F20N6O/c12-5(13,1(38)35(27)2-32-3(36(28)29)34-4(33-2)37(30)31)6(14,15)7(16,17)8(18,19)9(20,21)10(22,23)11(24,25)26. The fourth-order valence-corrected chi connectivity index (χ4v) is 1.90. The summed E-state index contributed by atoms with van der Waals surface area (Å²) in [6, 6.07) is 0. The highest BCUT2D eigenvalue weighted by atomic mass is 19.4. The SMILES string of the molecule is O=C(N(F)c1nc(N(F)F)nc(N(F)F)n1)C(F)(F)C(F)(F)C(F)(F)C(F)(F)C(F)(F)C(F)(F)C(F)(F)F. The van der Waals surface area contributed by atoms with Gasteiger partial charge in [-0.05, 0) is 10.7 Å². The third kappa shape index (κ3) is 4.57. The van der Waals surface area contributed by atoms with Crippen LogP contribution in [0.4, 0.5) is 106 Å². The lowest BCUT2D eigenvalue weighted by atomic mass is 9.91. The minimum absolute atomic E-state index is 1.91. The van der Waals surface area contributed by atoms with Crippen molar-refractivity contribution in [2.24, 2.45) is 0 Å². The Morgan fingerprint density at radius 3 is 1.08 bits per heavy atom. The third-order valence-corrected chi connectivity index (χ3v) is 3.85. The summed E-state index contributed by atoms with van der Waals surface area (Å²) in [6.45, 7) is 0. The number of amides is 1. The minimum Gasteiger partial charge on any atom is -0.264 e. The summed E-state index contributed by atoms with van der Waals surface area (Å²) in [4.78, 5) is 17.1. The van der Waals surface area contributed by atoms with Crippen molar-refractivity contribution in [3.63, 3.8) is 0 Å². The van der Waals surface area contributed by atoms with Crippen LogP contribution >= 0.6 is 0 Å². The topological polar surface area (TPSA) is 65.5 Å². The number of carbonyl (C=O) groups is 1. The van der Waals surface area contributed by atoms with Gasteiger partial charge in [0.2, 0.25) is 0 Å². The van der Waals surface area contributed by atoms with Crippen molar-refractivity contribution in [2.45, 2.75) is 41.7 Å². The van der Waals surface area contributed by atoms with Gasteiger partial charge in [-0.25, -0.2) is 0 Å².